The first-order valence-corrected chi connectivity index (χ1v) is 9.64. The Labute approximate surface area is 159 Å². The van der Waals surface area contributed by atoms with Crippen LogP contribution in [0.2, 0.25) is 0 Å². The molecule has 1 amide bonds. The van der Waals surface area contributed by atoms with E-state index in [0.717, 1.165) is 30.5 Å². The monoisotopic (exact) mass is 363 g/mol. The van der Waals surface area contributed by atoms with E-state index in [1.54, 1.807) is 6.20 Å². The van der Waals surface area contributed by atoms with Crippen LogP contribution in [0.25, 0.3) is 10.9 Å². The smallest absolute Gasteiger partial charge is 0.222 e. The highest BCUT2D eigenvalue weighted by atomic mass is 16.3. The molecule has 1 aliphatic rings. The lowest BCUT2D eigenvalue weighted by Gasteiger charge is -2.34. The van der Waals surface area contributed by atoms with Crippen molar-refractivity contribution in [1.82, 2.24) is 14.9 Å². The van der Waals surface area contributed by atoms with Crippen LogP contribution >= 0.6 is 0 Å². The van der Waals surface area contributed by atoms with E-state index in [1.165, 1.54) is 10.9 Å². The molecule has 3 aromatic rings. The summed E-state index contributed by atoms with van der Waals surface area (Å²) in [7, 11) is 0. The van der Waals surface area contributed by atoms with Crippen LogP contribution in [-0.4, -0.2) is 39.0 Å². The molecule has 1 aromatic carbocycles. The molecule has 5 heteroatoms. The zero-order chi connectivity index (χ0) is 18.6. The number of amides is 1. The van der Waals surface area contributed by atoms with Gasteiger partial charge in [-0.15, -0.1) is 0 Å². The summed E-state index contributed by atoms with van der Waals surface area (Å²) in [5.41, 5.74) is 3.03. The molecule has 140 valence electrons. The number of rotatable bonds is 5. The minimum absolute atomic E-state index is 0.164. The second-order valence-electron chi connectivity index (χ2n) is 7.28. The quantitative estimate of drug-likeness (QED) is 0.729. The number of nitrogens with one attached hydrogen (secondary N) is 1. The number of hydrogen-bond donors (Lipinski definition) is 2. The van der Waals surface area contributed by atoms with Crippen LogP contribution < -0.4 is 0 Å². The van der Waals surface area contributed by atoms with E-state index in [-0.39, 0.29) is 11.8 Å². The summed E-state index contributed by atoms with van der Waals surface area (Å²) in [5, 5.41) is 11.7. The summed E-state index contributed by atoms with van der Waals surface area (Å²) in [6.07, 6.45) is 6.08. The molecule has 3 heterocycles. The van der Waals surface area contributed by atoms with Gasteiger partial charge in [0.2, 0.25) is 5.91 Å². The fraction of sp³-hybridized carbons (Fsp3) is 0.364. The van der Waals surface area contributed by atoms with Gasteiger partial charge in [-0.1, -0.05) is 24.3 Å². The van der Waals surface area contributed by atoms with Crippen LogP contribution in [0.1, 0.15) is 36.6 Å². The van der Waals surface area contributed by atoms with Crippen molar-refractivity contribution in [3.8, 4) is 0 Å². The molecule has 27 heavy (non-hydrogen) atoms. The molecule has 0 spiro atoms. The third kappa shape index (κ3) is 3.88. The van der Waals surface area contributed by atoms with Gasteiger partial charge in [0.1, 0.15) is 0 Å². The number of carbonyl (C=O) groups excluding carboxylic acids is 1. The Balaban J connectivity index is 1.30. The number of aliphatic hydroxyl groups excluding tert-OH is 1. The number of likely N-dealkylation sites (tertiary alicyclic amines) is 1. The van der Waals surface area contributed by atoms with Crippen LogP contribution in [0.3, 0.4) is 0 Å². The van der Waals surface area contributed by atoms with E-state index in [9.17, 15) is 9.90 Å². The van der Waals surface area contributed by atoms with E-state index in [4.69, 9.17) is 0 Å². The highest BCUT2D eigenvalue weighted by molar-refractivity contribution is 5.84. The molecule has 2 aromatic heterocycles. The number of aromatic nitrogens is 2. The molecule has 5 nitrogen and oxygen atoms in total. The zero-order valence-corrected chi connectivity index (χ0v) is 15.3. The molecule has 0 bridgehead atoms. The molecule has 1 saturated heterocycles. The maximum absolute atomic E-state index is 12.6. The van der Waals surface area contributed by atoms with E-state index >= 15 is 0 Å². The molecule has 1 aliphatic heterocycles. The summed E-state index contributed by atoms with van der Waals surface area (Å²) in [6, 6.07) is 13.8. The standard InChI is InChI=1S/C22H25N3O2/c26-21(9-8-17-15-24-19-6-2-1-5-18(17)19)25-13-10-16(11-14-25)22(27)20-7-3-4-12-23-20/h1-7,12,15-16,22,24,27H,8-11,13-14H2. The van der Waals surface area contributed by atoms with Crippen molar-refractivity contribution in [2.24, 2.45) is 5.92 Å². The molecule has 2 N–H and O–H groups in total. The fourth-order valence-corrected chi connectivity index (χ4v) is 4.00. The average molecular weight is 363 g/mol. The second-order valence-corrected chi connectivity index (χ2v) is 7.28. The molecular formula is C22H25N3O2. The summed E-state index contributed by atoms with van der Waals surface area (Å²) in [6.45, 7) is 1.42. The van der Waals surface area contributed by atoms with Crippen molar-refractivity contribution in [2.45, 2.75) is 31.8 Å². The molecule has 1 atom stereocenters. The Morgan fingerprint density at radius 2 is 1.96 bits per heavy atom. The molecule has 1 fully saturated rings. The predicted octanol–water partition coefficient (Wildman–Crippen LogP) is 3.47. The third-order valence-electron chi connectivity index (χ3n) is 5.61. The Morgan fingerprint density at radius 1 is 1.19 bits per heavy atom. The van der Waals surface area contributed by atoms with E-state index in [2.05, 4.69) is 22.1 Å². The summed E-state index contributed by atoms with van der Waals surface area (Å²) < 4.78 is 0. The molecular weight excluding hydrogens is 338 g/mol. The second kappa shape index (κ2) is 7.92. The highest BCUT2D eigenvalue weighted by Gasteiger charge is 2.28. The molecule has 0 radical (unpaired) electrons. The van der Waals surface area contributed by atoms with Crippen LogP contribution in [0.5, 0.6) is 0 Å². The normalized spacial score (nSPS) is 16.6. The Kier molecular flexibility index (Phi) is 5.21. The van der Waals surface area contributed by atoms with Crippen molar-refractivity contribution >= 4 is 16.8 Å². The third-order valence-corrected chi connectivity index (χ3v) is 5.61. The topological polar surface area (TPSA) is 69.2 Å². The summed E-state index contributed by atoms with van der Waals surface area (Å²) in [4.78, 5) is 22.1. The first kappa shape index (κ1) is 17.7. The number of aliphatic hydroxyl groups is 1. The number of hydrogen-bond acceptors (Lipinski definition) is 3. The van der Waals surface area contributed by atoms with Crippen LogP contribution in [0.15, 0.2) is 54.9 Å². The van der Waals surface area contributed by atoms with Gasteiger partial charge in [-0.2, -0.15) is 0 Å². The van der Waals surface area contributed by atoms with Crippen molar-refractivity contribution in [1.29, 1.82) is 0 Å². The summed E-state index contributed by atoms with van der Waals surface area (Å²) >= 11 is 0. The van der Waals surface area contributed by atoms with Gasteiger partial charge < -0.3 is 15.0 Å². The first-order valence-electron chi connectivity index (χ1n) is 9.64. The summed E-state index contributed by atoms with van der Waals surface area (Å²) in [5.74, 6) is 0.364. The van der Waals surface area contributed by atoms with Gasteiger partial charge >= 0.3 is 0 Å². The fourth-order valence-electron chi connectivity index (χ4n) is 4.00. The number of aryl methyl sites for hydroxylation is 1. The van der Waals surface area contributed by atoms with E-state index in [1.807, 2.05) is 41.4 Å². The number of pyridine rings is 1. The Bertz CT molecular complexity index is 898. The van der Waals surface area contributed by atoms with E-state index < -0.39 is 6.10 Å². The number of para-hydroxylation sites is 1. The van der Waals surface area contributed by atoms with Crippen LogP contribution in [0.4, 0.5) is 0 Å². The predicted molar refractivity (Wildman–Crippen MR) is 105 cm³/mol. The van der Waals surface area contributed by atoms with Crippen molar-refractivity contribution in [2.75, 3.05) is 13.1 Å². The molecule has 4 rings (SSSR count). The SMILES string of the molecule is O=C(CCc1c[nH]c2ccccc12)N1CCC(C(O)c2ccccn2)CC1. The lowest BCUT2D eigenvalue weighted by Crippen LogP contribution is -2.40. The number of nitrogens with zero attached hydrogens (tertiary/aromatic N) is 2. The van der Waals surface area contributed by atoms with Gasteiger partial charge in [-0.25, -0.2) is 0 Å². The highest BCUT2D eigenvalue weighted by Crippen LogP contribution is 2.30. The van der Waals surface area contributed by atoms with Crippen LogP contribution in [0, 0.1) is 5.92 Å². The van der Waals surface area contributed by atoms with Gasteiger partial charge in [-0.3, -0.25) is 9.78 Å². The van der Waals surface area contributed by atoms with Crippen molar-refractivity contribution in [3.05, 3.63) is 66.1 Å². The number of carbonyl (C=O) groups is 1. The number of fused-ring (bicyclic) bond motifs is 1. The van der Waals surface area contributed by atoms with Gasteiger partial charge in [0, 0.05) is 42.8 Å². The van der Waals surface area contributed by atoms with Crippen molar-refractivity contribution < 1.29 is 9.90 Å². The minimum Gasteiger partial charge on any atom is -0.387 e. The minimum atomic E-state index is -0.547. The molecule has 0 saturated carbocycles. The largest absolute Gasteiger partial charge is 0.387 e. The average Bonchev–Trinajstić information content (AvgIpc) is 3.15. The van der Waals surface area contributed by atoms with Gasteiger partial charge in [-0.05, 0) is 48.9 Å². The van der Waals surface area contributed by atoms with Crippen molar-refractivity contribution in [3.63, 3.8) is 0 Å². The van der Waals surface area contributed by atoms with Gasteiger partial charge in [0.15, 0.2) is 0 Å². The molecule has 0 aliphatic carbocycles. The first-order chi connectivity index (χ1) is 13.2. The van der Waals surface area contributed by atoms with Gasteiger partial charge in [0.05, 0.1) is 11.8 Å². The Hall–Kier alpha value is -2.66. The number of H-pyrrole nitrogens is 1. The number of piperidine rings is 1. The molecule has 1 unspecified atom stereocenters. The van der Waals surface area contributed by atoms with Crippen LogP contribution in [-0.2, 0) is 11.2 Å². The number of aromatic amines is 1. The lowest BCUT2D eigenvalue weighted by molar-refractivity contribution is -0.133. The maximum Gasteiger partial charge on any atom is 0.222 e. The maximum atomic E-state index is 12.6. The Morgan fingerprint density at radius 3 is 2.74 bits per heavy atom. The van der Waals surface area contributed by atoms with Gasteiger partial charge in [0.25, 0.3) is 0 Å². The number of benzene rings is 1. The lowest BCUT2D eigenvalue weighted by atomic mass is 9.89. The zero-order valence-electron chi connectivity index (χ0n) is 15.3. The van der Waals surface area contributed by atoms with E-state index in [0.29, 0.717) is 19.5 Å².